The Morgan fingerprint density at radius 2 is 1.68 bits per heavy atom. The van der Waals surface area contributed by atoms with E-state index < -0.39 is 5.97 Å². The maximum atomic E-state index is 12.7. The largest absolute Gasteiger partial charge is 0.544 e. The van der Waals surface area contributed by atoms with Gasteiger partial charge in [-0.3, -0.25) is 4.79 Å². The highest BCUT2D eigenvalue weighted by Gasteiger charge is 2.06. The first-order valence-electron chi connectivity index (χ1n) is 5.35. The Hall–Kier alpha value is -2.27. The van der Waals surface area contributed by atoms with Crippen molar-refractivity contribution >= 4 is 29.2 Å². The van der Waals surface area contributed by atoms with E-state index in [1.807, 2.05) is 0 Å². The van der Waals surface area contributed by atoms with E-state index >= 15 is 0 Å². The summed E-state index contributed by atoms with van der Waals surface area (Å²) in [7, 11) is 0. The van der Waals surface area contributed by atoms with Crippen LogP contribution in [0.5, 0.6) is 0 Å². The average molecular weight is 275 g/mol. The van der Waals surface area contributed by atoms with Crippen molar-refractivity contribution in [2.24, 2.45) is 0 Å². The fourth-order valence-electron chi connectivity index (χ4n) is 1.41. The zero-order valence-corrected chi connectivity index (χ0v) is 10.4. The van der Waals surface area contributed by atoms with E-state index in [-0.39, 0.29) is 16.5 Å². The van der Waals surface area contributed by atoms with E-state index in [1.54, 1.807) is 18.2 Å². The molecule has 0 spiro atoms. The van der Waals surface area contributed by atoms with Gasteiger partial charge in [0.2, 0.25) is 0 Å². The number of halogens is 1. The maximum Gasteiger partial charge on any atom is 0.195 e. The number of hydrogen-bond acceptors (Lipinski definition) is 4. The van der Waals surface area contributed by atoms with E-state index in [4.69, 9.17) is 0 Å². The summed E-state index contributed by atoms with van der Waals surface area (Å²) in [5.41, 5.74) is 0.687. The van der Waals surface area contributed by atoms with Crippen molar-refractivity contribution in [1.82, 2.24) is 0 Å². The lowest BCUT2D eigenvalue weighted by atomic mass is 10.2. The van der Waals surface area contributed by atoms with Gasteiger partial charge in [0.05, 0.1) is 15.7 Å². The molecular formula is C14H8FO3S-. The molecule has 96 valence electrons. The van der Waals surface area contributed by atoms with E-state index in [1.165, 1.54) is 30.3 Å². The van der Waals surface area contributed by atoms with E-state index in [0.29, 0.717) is 10.4 Å². The Balaban J connectivity index is 2.11. The van der Waals surface area contributed by atoms with Gasteiger partial charge in [0.1, 0.15) is 5.82 Å². The molecule has 1 aromatic heterocycles. The SMILES string of the molecule is O=C([O-])c1ccc(C(=O)/C=C/c2ccc(F)cc2)s1. The van der Waals surface area contributed by atoms with Crippen LogP contribution in [0.4, 0.5) is 4.39 Å². The van der Waals surface area contributed by atoms with Crippen LogP contribution in [-0.4, -0.2) is 11.8 Å². The summed E-state index contributed by atoms with van der Waals surface area (Å²) >= 11 is 0.864. The van der Waals surface area contributed by atoms with Crippen LogP contribution < -0.4 is 5.11 Å². The number of carboxylic acid groups (broad SMARTS) is 1. The molecule has 2 rings (SSSR count). The lowest BCUT2D eigenvalue weighted by Gasteiger charge is -1.94. The first-order chi connectivity index (χ1) is 9.06. The van der Waals surface area contributed by atoms with Gasteiger partial charge in [-0.2, -0.15) is 0 Å². The van der Waals surface area contributed by atoms with Crippen LogP contribution in [0.3, 0.4) is 0 Å². The third-order valence-corrected chi connectivity index (χ3v) is 3.43. The predicted molar refractivity (Wildman–Crippen MR) is 68.4 cm³/mol. The standard InChI is InChI=1S/C14H9FO3S/c15-10-4-1-9(2-5-10)3-6-11(16)12-7-8-13(19-12)14(17)18/h1-8H,(H,17,18)/p-1/b6-3+. The van der Waals surface area contributed by atoms with Crippen molar-refractivity contribution in [1.29, 1.82) is 0 Å². The van der Waals surface area contributed by atoms with Crippen molar-refractivity contribution < 1.29 is 19.1 Å². The fraction of sp³-hybridized carbons (Fsp3) is 0. The average Bonchev–Trinajstić information content (AvgIpc) is 2.87. The van der Waals surface area contributed by atoms with Gasteiger partial charge in [-0.05, 0) is 35.9 Å². The molecule has 0 bridgehead atoms. The molecule has 0 aliphatic heterocycles. The Morgan fingerprint density at radius 1 is 1.05 bits per heavy atom. The molecule has 1 heterocycles. The van der Waals surface area contributed by atoms with Gasteiger partial charge in [0, 0.05) is 0 Å². The van der Waals surface area contributed by atoms with Crippen LogP contribution in [0.25, 0.3) is 6.08 Å². The van der Waals surface area contributed by atoms with Crippen molar-refractivity contribution in [3.8, 4) is 0 Å². The van der Waals surface area contributed by atoms with E-state index in [2.05, 4.69) is 0 Å². The number of carbonyl (C=O) groups excluding carboxylic acids is 2. The smallest absolute Gasteiger partial charge is 0.195 e. The number of allylic oxidation sites excluding steroid dienone is 1. The van der Waals surface area contributed by atoms with Crippen molar-refractivity contribution in [2.45, 2.75) is 0 Å². The number of aromatic carboxylic acids is 1. The molecule has 0 aliphatic rings. The molecule has 0 N–H and O–H groups in total. The predicted octanol–water partition coefficient (Wildman–Crippen LogP) is 2.15. The van der Waals surface area contributed by atoms with E-state index in [0.717, 1.165) is 11.3 Å². The second-order valence-electron chi connectivity index (χ2n) is 3.70. The molecule has 19 heavy (non-hydrogen) atoms. The molecule has 2 aromatic rings. The summed E-state index contributed by atoms with van der Waals surface area (Å²) in [4.78, 5) is 22.7. The van der Waals surface area contributed by atoms with E-state index in [9.17, 15) is 19.1 Å². The Bertz CT molecular complexity index is 641. The highest BCUT2D eigenvalue weighted by molar-refractivity contribution is 7.16. The zero-order chi connectivity index (χ0) is 13.8. The highest BCUT2D eigenvalue weighted by Crippen LogP contribution is 2.17. The fourth-order valence-corrected chi connectivity index (χ4v) is 2.17. The molecule has 0 amide bonds. The van der Waals surface area contributed by atoms with Crippen molar-refractivity contribution in [3.05, 3.63) is 63.6 Å². The molecule has 5 heteroatoms. The summed E-state index contributed by atoms with van der Waals surface area (Å²) in [6.07, 6.45) is 2.86. The van der Waals surface area contributed by atoms with Gasteiger partial charge in [-0.25, -0.2) is 4.39 Å². The van der Waals surface area contributed by atoms with Crippen LogP contribution in [0.15, 0.2) is 42.5 Å². The van der Waals surface area contributed by atoms with Gasteiger partial charge in [-0.15, -0.1) is 11.3 Å². The molecule has 0 radical (unpaired) electrons. The topological polar surface area (TPSA) is 57.2 Å². The third-order valence-electron chi connectivity index (χ3n) is 2.35. The minimum absolute atomic E-state index is 0.0125. The lowest BCUT2D eigenvalue weighted by molar-refractivity contribution is -0.254. The van der Waals surface area contributed by atoms with Crippen LogP contribution in [0.2, 0.25) is 0 Å². The summed E-state index contributed by atoms with van der Waals surface area (Å²) < 4.78 is 12.7. The minimum Gasteiger partial charge on any atom is -0.544 e. The number of thiophene rings is 1. The Labute approximate surface area is 112 Å². The minimum atomic E-state index is -1.30. The van der Waals surface area contributed by atoms with Crippen LogP contribution in [0, 0.1) is 5.82 Å². The molecule has 0 aliphatic carbocycles. The van der Waals surface area contributed by atoms with Crippen LogP contribution in [-0.2, 0) is 0 Å². The van der Waals surface area contributed by atoms with Crippen LogP contribution >= 0.6 is 11.3 Å². The van der Waals surface area contributed by atoms with Crippen molar-refractivity contribution in [3.63, 3.8) is 0 Å². The quantitative estimate of drug-likeness (QED) is 0.634. The Morgan fingerprint density at radius 3 is 2.26 bits per heavy atom. The number of carboxylic acids is 1. The molecule has 0 atom stereocenters. The third kappa shape index (κ3) is 3.35. The highest BCUT2D eigenvalue weighted by atomic mass is 32.1. The van der Waals surface area contributed by atoms with Crippen molar-refractivity contribution in [2.75, 3.05) is 0 Å². The monoisotopic (exact) mass is 275 g/mol. The second-order valence-corrected chi connectivity index (χ2v) is 4.78. The molecule has 0 saturated carbocycles. The summed E-state index contributed by atoms with van der Waals surface area (Å²) in [5.74, 6) is -1.95. The van der Waals surface area contributed by atoms with Crippen LogP contribution in [0.1, 0.15) is 24.9 Å². The van der Waals surface area contributed by atoms with Gasteiger partial charge >= 0.3 is 0 Å². The molecular weight excluding hydrogens is 267 g/mol. The first-order valence-corrected chi connectivity index (χ1v) is 6.17. The second kappa shape index (κ2) is 5.58. The van der Waals surface area contributed by atoms with Gasteiger partial charge in [0.25, 0.3) is 0 Å². The lowest BCUT2D eigenvalue weighted by Crippen LogP contribution is -2.20. The molecule has 0 unspecified atom stereocenters. The molecule has 1 aromatic carbocycles. The number of ketones is 1. The molecule has 3 nitrogen and oxygen atoms in total. The Kier molecular flexibility index (Phi) is 3.87. The first kappa shape index (κ1) is 13.2. The number of hydrogen-bond donors (Lipinski definition) is 0. The summed E-state index contributed by atoms with van der Waals surface area (Å²) in [5, 5.41) is 10.6. The number of carbonyl (C=O) groups is 2. The summed E-state index contributed by atoms with van der Waals surface area (Å²) in [6.45, 7) is 0. The zero-order valence-electron chi connectivity index (χ0n) is 9.63. The van der Waals surface area contributed by atoms with Gasteiger partial charge < -0.3 is 9.90 Å². The normalized spacial score (nSPS) is 10.8. The number of benzene rings is 1. The molecule has 0 fully saturated rings. The van der Waals surface area contributed by atoms with Gasteiger partial charge in [-0.1, -0.05) is 18.2 Å². The number of rotatable bonds is 4. The molecule has 0 saturated heterocycles. The summed E-state index contributed by atoms with van der Waals surface area (Å²) in [6, 6.07) is 8.44. The van der Waals surface area contributed by atoms with Gasteiger partial charge in [0.15, 0.2) is 5.78 Å². The maximum absolute atomic E-state index is 12.7.